The molecule has 0 spiro atoms. The molecule has 1 amide bonds. The lowest BCUT2D eigenvalue weighted by molar-refractivity contribution is 0.0950. The van der Waals surface area contributed by atoms with Crippen molar-refractivity contribution < 1.29 is 4.79 Å². The highest BCUT2D eigenvalue weighted by molar-refractivity contribution is 7.09. The first-order valence-corrected chi connectivity index (χ1v) is 7.76. The predicted molar refractivity (Wildman–Crippen MR) is 85.9 cm³/mol. The largest absolute Gasteiger partial charge is 0.373 e. The Balaban J connectivity index is 2.12. The van der Waals surface area contributed by atoms with Crippen LogP contribution in [0.4, 0.5) is 5.82 Å². The fraction of sp³-hybridized carbons (Fsp3) is 0.400. The first-order chi connectivity index (χ1) is 9.99. The van der Waals surface area contributed by atoms with Crippen LogP contribution in [0, 0.1) is 6.92 Å². The van der Waals surface area contributed by atoms with Crippen molar-refractivity contribution in [1.29, 1.82) is 0 Å². The lowest BCUT2D eigenvalue weighted by atomic mass is 10.1. The highest BCUT2D eigenvalue weighted by Gasteiger charge is 2.12. The average molecular weight is 304 g/mol. The van der Waals surface area contributed by atoms with E-state index < -0.39 is 0 Å². The number of rotatable bonds is 5. The molecule has 2 aromatic rings. The Hall–Kier alpha value is -1.95. The Labute approximate surface area is 128 Å². The van der Waals surface area contributed by atoms with Gasteiger partial charge in [-0.15, -0.1) is 11.3 Å². The maximum atomic E-state index is 12.3. The third-order valence-corrected chi connectivity index (χ3v) is 3.99. The van der Waals surface area contributed by atoms with Gasteiger partial charge in [0, 0.05) is 29.4 Å². The van der Waals surface area contributed by atoms with Crippen LogP contribution < -0.4 is 10.6 Å². The SMILES string of the molecule is CNc1cc(C(=O)NCc2nc(C)cs2)cc(C(C)C)n1. The van der Waals surface area contributed by atoms with Crippen LogP contribution in [-0.2, 0) is 6.54 Å². The molecule has 2 rings (SSSR count). The second kappa shape index (κ2) is 6.67. The lowest BCUT2D eigenvalue weighted by Crippen LogP contribution is -2.23. The van der Waals surface area contributed by atoms with E-state index in [0.29, 0.717) is 17.9 Å². The highest BCUT2D eigenvalue weighted by Crippen LogP contribution is 2.17. The van der Waals surface area contributed by atoms with E-state index in [4.69, 9.17) is 0 Å². The van der Waals surface area contributed by atoms with Crippen molar-refractivity contribution >= 4 is 23.1 Å². The second-order valence-electron chi connectivity index (χ2n) is 5.14. The van der Waals surface area contributed by atoms with Crippen LogP contribution >= 0.6 is 11.3 Å². The normalized spacial score (nSPS) is 10.7. The van der Waals surface area contributed by atoms with Gasteiger partial charge >= 0.3 is 0 Å². The maximum absolute atomic E-state index is 12.3. The molecule has 0 unspecified atom stereocenters. The summed E-state index contributed by atoms with van der Waals surface area (Å²) in [6.07, 6.45) is 0. The lowest BCUT2D eigenvalue weighted by Gasteiger charge is -2.11. The molecule has 2 N–H and O–H groups in total. The third-order valence-electron chi connectivity index (χ3n) is 3.02. The van der Waals surface area contributed by atoms with Gasteiger partial charge in [-0.1, -0.05) is 13.8 Å². The molecule has 0 bridgehead atoms. The van der Waals surface area contributed by atoms with E-state index in [1.807, 2.05) is 18.4 Å². The van der Waals surface area contributed by atoms with E-state index in [1.54, 1.807) is 24.5 Å². The first-order valence-electron chi connectivity index (χ1n) is 6.88. The van der Waals surface area contributed by atoms with Crippen molar-refractivity contribution in [3.05, 3.63) is 39.5 Å². The summed E-state index contributed by atoms with van der Waals surface area (Å²) >= 11 is 1.55. The summed E-state index contributed by atoms with van der Waals surface area (Å²) in [6, 6.07) is 3.60. The molecule has 2 heterocycles. The Kier molecular flexibility index (Phi) is 4.90. The van der Waals surface area contributed by atoms with Gasteiger partial charge in [0.05, 0.1) is 6.54 Å². The van der Waals surface area contributed by atoms with Crippen LogP contribution in [0.25, 0.3) is 0 Å². The average Bonchev–Trinajstić information content (AvgIpc) is 2.89. The van der Waals surface area contributed by atoms with E-state index >= 15 is 0 Å². The van der Waals surface area contributed by atoms with Crippen molar-refractivity contribution in [2.75, 3.05) is 12.4 Å². The molecule has 2 aromatic heterocycles. The van der Waals surface area contributed by atoms with Crippen LogP contribution in [0.1, 0.15) is 46.5 Å². The van der Waals surface area contributed by atoms with Crippen molar-refractivity contribution in [2.24, 2.45) is 0 Å². The smallest absolute Gasteiger partial charge is 0.251 e. The number of carbonyl (C=O) groups is 1. The maximum Gasteiger partial charge on any atom is 0.251 e. The number of hydrogen-bond acceptors (Lipinski definition) is 5. The monoisotopic (exact) mass is 304 g/mol. The molecule has 5 nitrogen and oxygen atoms in total. The van der Waals surface area contributed by atoms with Crippen LogP contribution in [0.2, 0.25) is 0 Å². The van der Waals surface area contributed by atoms with E-state index in [1.165, 1.54) is 0 Å². The van der Waals surface area contributed by atoms with E-state index in [2.05, 4.69) is 34.4 Å². The highest BCUT2D eigenvalue weighted by atomic mass is 32.1. The number of nitrogens with one attached hydrogen (secondary N) is 2. The Morgan fingerprint density at radius 3 is 2.67 bits per heavy atom. The van der Waals surface area contributed by atoms with Crippen molar-refractivity contribution in [3.63, 3.8) is 0 Å². The Bertz CT molecular complexity index is 636. The summed E-state index contributed by atoms with van der Waals surface area (Å²) in [6.45, 7) is 6.51. The van der Waals surface area contributed by atoms with Gasteiger partial charge in [-0.2, -0.15) is 0 Å². The van der Waals surface area contributed by atoms with E-state index in [-0.39, 0.29) is 11.8 Å². The Morgan fingerprint density at radius 2 is 2.10 bits per heavy atom. The first kappa shape index (κ1) is 15.4. The zero-order valence-electron chi connectivity index (χ0n) is 12.7. The van der Waals surface area contributed by atoms with Gasteiger partial charge in [0.2, 0.25) is 0 Å². The standard InChI is InChI=1S/C15H20N4OS/c1-9(2)12-5-11(6-13(16-4)19-12)15(20)17-7-14-18-10(3)8-21-14/h5-6,8-9H,7H2,1-4H3,(H,16,19)(H,17,20). The number of thiazole rings is 1. The Morgan fingerprint density at radius 1 is 1.33 bits per heavy atom. The number of aromatic nitrogens is 2. The van der Waals surface area contributed by atoms with Gasteiger partial charge in [0.15, 0.2) is 0 Å². The van der Waals surface area contributed by atoms with E-state index in [0.717, 1.165) is 16.4 Å². The van der Waals surface area contributed by atoms with Gasteiger partial charge in [0.25, 0.3) is 5.91 Å². The van der Waals surface area contributed by atoms with Crippen LogP contribution in [-0.4, -0.2) is 22.9 Å². The molecule has 0 atom stereocenters. The van der Waals surface area contributed by atoms with Gasteiger partial charge < -0.3 is 10.6 Å². The number of pyridine rings is 1. The number of hydrogen-bond donors (Lipinski definition) is 2. The number of anilines is 1. The van der Waals surface area contributed by atoms with Crippen LogP contribution in [0.15, 0.2) is 17.5 Å². The van der Waals surface area contributed by atoms with Gasteiger partial charge in [-0.3, -0.25) is 4.79 Å². The van der Waals surface area contributed by atoms with Gasteiger partial charge in [-0.05, 0) is 25.0 Å². The summed E-state index contributed by atoms with van der Waals surface area (Å²) in [5.41, 5.74) is 2.50. The predicted octanol–water partition coefficient (Wildman–Crippen LogP) is 2.94. The molecule has 21 heavy (non-hydrogen) atoms. The molecule has 6 heteroatoms. The van der Waals surface area contributed by atoms with Crippen LogP contribution in [0.3, 0.4) is 0 Å². The van der Waals surface area contributed by atoms with Crippen LogP contribution in [0.5, 0.6) is 0 Å². The molecule has 0 aliphatic heterocycles. The van der Waals surface area contributed by atoms with E-state index in [9.17, 15) is 4.79 Å². The summed E-state index contributed by atoms with van der Waals surface area (Å²) < 4.78 is 0. The molecule has 0 aliphatic carbocycles. The minimum Gasteiger partial charge on any atom is -0.373 e. The zero-order valence-corrected chi connectivity index (χ0v) is 13.5. The molecule has 0 fully saturated rings. The topological polar surface area (TPSA) is 66.9 Å². The third kappa shape index (κ3) is 4.01. The molecular weight excluding hydrogens is 284 g/mol. The number of nitrogens with zero attached hydrogens (tertiary/aromatic N) is 2. The fourth-order valence-corrected chi connectivity index (χ4v) is 2.56. The molecule has 0 aliphatic rings. The summed E-state index contributed by atoms with van der Waals surface area (Å²) in [5, 5.41) is 8.78. The minimum absolute atomic E-state index is 0.108. The molecule has 0 aromatic carbocycles. The summed E-state index contributed by atoms with van der Waals surface area (Å²) in [5.74, 6) is 0.867. The quantitative estimate of drug-likeness (QED) is 0.891. The van der Waals surface area contributed by atoms with Gasteiger partial charge in [0.1, 0.15) is 10.8 Å². The molecule has 0 saturated carbocycles. The number of carbonyl (C=O) groups excluding carboxylic acids is 1. The molecular formula is C15H20N4OS. The molecule has 0 radical (unpaired) electrons. The van der Waals surface area contributed by atoms with Crippen molar-refractivity contribution in [3.8, 4) is 0 Å². The summed E-state index contributed by atoms with van der Waals surface area (Å²) in [4.78, 5) is 21.1. The zero-order chi connectivity index (χ0) is 15.4. The summed E-state index contributed by atoms with van der Waals surface area (Å²) in [7, 11) is 1.80. The van der Waals surface area contributed by atoms with Crippen molar-refractivity contribution in [2.45, 2.75) is 33.2 Å². The molecule has 112 valence electrons. The second-order valence-corrected chi connectivity index (χ2v) is 6.08. The van der Waals surface area contributed by atoms with Crippen molar-refractivity contribution in [1.82, 2.24) is 15.3 Å². The van der Waals surface area contributed by atoms with Gasteiger partial charge in [-0.25, -0.2) is 9.97 Å². The number of amides is 1. The fourth-order valence-electron chi connectivity index (χ4n) is 1.85. The minimum atomic E-state index is -0.108. The number of aryl methyl sites for hydroxylation is 1. The molecule has 0 saturated heterocycles.